The van der Waals surface area contributed by atoms with Gasteiger partial charge in [-0.1, -0.05) is 36.9 Å². The normalized spacial score (nSPS) is 17.4. The minimum atomic E-state index is -0.316. The Morgan fingerprint density at radius 3 is 3.04 bits per heavy atom. The zero-order valence-corrected chi connectivity index (χ0v) is 14.1. The van der Waals surface area contributed by atoms with Crippen LogP contribution in [0.5, 0.6) is 0 Å². The van der Waals surface area contributed by atoms with Crippen molar-refractivity contribution in [2.75, 3.05) is 19.6 Å². The molecule has 6 nitrogen and oxygen atoms in total. The molecule has 6 heteroatoms. The first-order chi connectivity index (χ1) is 12.1. The predicted molar refractivity (Wildman–Crippen MR) is 97.1 cm³/mol. The minimum Gasteiger partial charge on any atom is -0.350 e. The molecule has 130 valence electrons. The lowest BCUT2D eigenvalue weighted by molar-refractivity contribution is 0.0941. The number of hydrogen-bond donors (Lipinski definition) is 2. The van der Waals surface area contributed by atoms with Gasteiger partial charge in [0.15, 0.2) is 0 Å². The first-order valence-electron chi connectivity index (χ1n) is 8.41. The number of hydrogen-bond acceptors (Lipinski definition) is 4. The lowest BCUT2D eigenvalue weighted by Crippen LogP contribution is -2.32. The molecule has 0 radical (unpaired) electrons. The maximum Gasteiger partial charge on any atom is 0.271 e. The highest BCUT2D eigenvalue weighted by Crippen LogP contribution is 2.19. The van der Waals surface area contributed by atoms with Crippen molar-refractivity contribution in [3.05, 3.63) is 70.2 Å². The first-order valence-corrected chi connectivity index (χ1v) is 8.41. The zero-order valence-electron chi connectivity index (χ0n) is 14.1. The summed E-state index contributed by atoms with van der Waals surface area (Å²) in [5.74, 6) is 0.169. The van der Waals surface area contributed by atoms with Crippen LogP contribution in [0.25, 0.3) is 6.08 Å². The van der Waals surface area contributed by atoms with E-state index in [1.807, 2.05) is 12.1 Å². The number of nitrogens with zero attached hydrogens (tertiary/aromatic N) is 2. The molecule has 0 aliphatic carbocycles. The van der Waals surface area contributed by atoms with Gasteiger partial charge in [-0.25, -0.2) is 5.10 Å². The smallest absolute Gasteiger partial charge is 0.271 e. The van der Waals surface area contributed by atoms with Crippen molar-refractivity contribution in [3.63, 3.8) is 0 Å². The van der Waals surface area contributed by atoms with E-state index in [9.17, 15) is 9.59 Å². The molecule has 2 heterocycles. The van der Waals surface area contributed by atoms with Crippen molar-refractivity contribution in [2.45, 2.75) is 13.0 Å². The highest BCUT2D eigenvalue weighted by Gasteiger charge is 2.23. The van der Waals surface area contributed by atoms with E-state index in [1.54, 1.807) is 0 Å². The summed E-state index contributed by atoms with van der Waals surface area (Å²) in [6.07, 6.45) is 2.91. The van der Waals surface area contributed by atoms with Crippen LogP contribution in [0.1, 0.15) is 28.0 Å². The van der Waals surface area contributed by atoms with Gasteiger partial charge in [0.1, 0.15) is 5.69 Å². The summed E-state index contributed by atoms with van der Waals surface area (Å²) < 4.78 is 0. The van der Waals surface area contributed by atoms with Gasteiger partial charge in [0.05, 0.1) is 0 Å². The van der Waals surface area contributed by atoms with Gasteiger partial charge >= 0.3 is 0 Å². The largest absolute Gasteiger partial charge is 0.350 e. The third kappa shape index (κ3) is 4.64. The Hall–Kier alpha value is -2.73. The number of H-pyrrole nitrogens is 1. The van der Waals surface area contributed by atoms with Gasteiger partial charge in [-0.05, 0) is 36.1 Å². The Balaban J connectivity index is 1.47. The molecule has 25 heavy (non-hydrogen) atoms. The average molecular weight is 338 g/mol. The topological polar surface area (TPSA) is 78.1 Å². The van der Waals surface area contributed by atoms with Crippen molar-refractivity contribution in [3.8, 4) is 0 Å². The zero-order chi connectivity index (χ0) is 17.6. The van der Waals surface area contributed by atoms with Crippen molar-refractivity contribution in [1.82, 2.24) is 20.4 Å². The van der Waals surface area contributed by atoms with Crippen LogP contribution in [-0.2, 0) is 6.54 Å². The van der Waals surface area contributed by atoms with Crippen molar-refractivity contribution in [2.24, 2.45) is 5.92 Å². The van der Waals surface area contributed by atoms with E-state index in [0.29, 0.717) is 12.5 Å². The van der Waals surface area contributed by atoms with E-state index in [0.717, 1.165) is 31.6 Å². The third-order valence-electron chi connectivity index (χ3n) is 4.43. The van der Waals surface area contributed by atoms with Crippen LogP contribution in [0.2, 0.25) is 0 Å². The van der Waals surface area contributed by atoms with Gasteiger partial charge in [0, 0.05) is 25.7 Å². The average Bonchev–Trinajstić information content (AvgIpc) is 3.08. The summed E-state index contributed by atoms with van der Waals surface area (Å²) in [4.78, 5) is 25.4. The lowest BCUT2D eigenvalue weighted by Gasteiger charge is -2.16. The molecule has 2 aromatic rings. The number of amides is 1. The molecular formula is C19H22N4O2. The van der Waals surface area contributed by atoms with E-state index < -0.39 is 0 Å². The summed E-state index contributed by atoms with van der Waals surface area (Å²) in [7, 11) is 0. The maximum atomic E-state index is 12.0. The van der Waals surface area contributed by atoms with E-state index in [-0.39, 0.29) is 17.2 Å². The molecule has 0 saturated carbocycles. The van der Waals surface area contributed by atoms with Crippen molar-refractivity contribution in [1.29, 1.82) is 0 Å². The third-order valence-corrected chi connectivity index (χ3v) is 4.43. The molecule has 1 aromatic heterocycles. The molecule has 3 rings (SSSR count). The number of aromatic nitrogens is 2. The first kappa shape index (κ1) is 17.1. The predicted octanol–water partition coefficient (Wildman–Crippen LogP) is 1.66. The van der Waals surface area contributed by atoms with Crippen molar-refractivity contribution < 1.29 is 4.79 Å². The molecule has 1 atom stereocenters. The lowest BCUT2D eigenvalue weighted by atomic mass is 10.1. The Morgan fingerprint density at radius 1 is 1.40 bits per heavy atom. The molecule has 0 bridgehead atoms. The van der Waals surface area contributed by atoms with E-state index >= 15 is 0 Å². The van der Waals surface area contributed by atoms with Crippen LogP contribution in [0.4, 0.5) is 0 Å². The van der Waals surface area contributed by atoms with Gasteiger partial charge in [-0.2, -0.15) is 5.10 Å². The Morgan fingerprint density at radius 2 is 2.28 bits per heavy atom. The van der Waals surface area contributed by atoms with E-state index in [1.165, 1.54) is 17.7 Å². The Labute approximate surface area is 146 Å². The SMILES string of the molecule is C=Cc1cccc(CN2CC[C@@H](CNC(=O)c3ccc(=O)[nH]n3)C2)c1. The van der Waals surface area contributed by atoms with Gasteiger partial charge in [0.2, 0.25) is 0 Å². The quantitative estimate of drug-likeness (QED) is 0.840. The fourth-order valence-corrected chi connectivity index (χ4v) is 3.10. The Kier molecular flexibility index (Phi) is 5.40. The minimum absolute atomic E-state index is 0.232. The van der Waals surface area contributed by atoms with Gasteiger partial charge < -0.3 is 5.32 Å². The second-order valence-corrected chi connectivity index (χ2v) is 6.36. The maximum absolute atomic E-state index is 12.0. The fraction of sp³-hybridized carbons (Fsp3) is 0.316. The molecule has 0 unspecified atom stereocenters. The van der Waals surface area contributed by atoms with Crippen molar-refractivity contribution >= 4 is 12.0 Å². The number of rotatable bonds is 6. The molecule has 1 aromatic carbocycles. The number of benzene rings is 1. The summed E-state index contributed by atoms with van der Waals surface area (Å²) in [6.45, 7) is 7.31. The summed E-state index contributed by atoms with van der Waals surface area (Å²) in [6, 6.07) is 11.1. The molecular weight excluding hydrogens is 316 g/mol. The van der Waals surface area contributed by atoms with Gasteiger partial charge in [0.25, 0.3) is 11.5 Å². The monoisotopic (exact) mass is 338 g/mol. The van der Waals surface area contributed by atoms with Crippen LogP contribution in [0.15, 0.2) is 47.8 Å². The van der Waals surface area contributed by atoms with Gasteiger partial charge in [-0.15, -0.1) is 0 Å². The van der Waals surface area contributed by atoms with Crippen LogP contribution < -0.4 is 10.9 Å². The second kappa shape index (κ2) is 7.90. The standard InChI is InChI=1S/C19H22N4O2/c1-2-14-4-3-5-15(10-14)12-23-9-8-16(13-23)11-20-19(25)17-6-7-18(24)22-21-17/h2-7,10,16H,1,8-9,11-13H2,(H,20,25)(H,22,24)/t16-/m0/s1. The fourth-order valence-electron chi connectivity index (χ4n) is 3.10. The van der Waals surface area contributed by atoms with Crippen LogP contribution in [0.3, 0.4) is 0 Å². The van der Waals surface area contributed by atoms with Crippen LogP contribution >= 0.6 is 0 Å². The highest BCUT2D eigenvalue weighted by molar-refractivity contribution is 5.91. The van der Waals surface area contributed by atoms with Gasteiger partial charge in [-0.3, -0.25) is 14.5 Å². The number of carbonyl (C=O) groups is 1. The molecule has 1 saturated heterocycles. The molecule has 1 fully saturated rings. The van der Waals surface area contributed by atoms with Crippen LogP contribution in [-0.4, -0.2) is 40.6 Å². The van der Waals surface area contributed by atoms with E-state index in [4.69, 9.17) is 0 Å². The summed E-state index contributed by atoms with van der Waals surface area (Å²) in [5.41, 5.74) is 2.33. The number of aromatic amines is 1. The second-order valence-electron chi connectivity index (χ2n) is 6.36. The Bertz CT molecular complexity index is 795. The molecule has 1 amide bonds. The number of likely N-dealkylation sites (tertiary alicyclic amines) is 1. The molecule has 1 aliphatic heterocycles. The molecule has 2 N–H and O–H groups in total. The van der Waals surface area contributed by atoms with E-state index in [2.05, 4.69) is 45.2 Å². The molecule has 1 aliphatic rings. The summed E-state index contributed by atoms with van der Waals surface area (Å²) in [5, 5.41) is 8.91. The number of nitrogens with one attached hydrogen (secondary N) is 2. The molecule has 0 spiro atoms. The number of carbonyl (C=O) groups excluding carboxylic acids is 1. The van der Waals surface area contributed by atoms with Crippen LogP contribution in [0, 0.1) is 5.92 Å². The summed E-state index contributed by atoms with van der Waals surface area (Å²) >= 11 is 0. The highest BCUT2D eigenvalue weighted by atomic mass is 16.2.